The Balaban J connectivity index is 2.25. The van der Waals surface area contributed by atoms with Gasteiger partial charge >= 0.3 is 0 Å². The van der Waals surface area contributed by atoms with Crippen LogP contribution in [0.5, 0.6) is 0 Å². The van der Waals surface area contributed by atoms with Gasteiger partial charge in [0.25, 0.3) is 0 Å². The first-order valence-electron chi connectivity index (χ1n) is 5.92. The summed E-state index contributed by atoms with van der Waals surface area (Å²) in [5.41, 5.74) is 6.30. The Hall–Kier alpha value is -1.34. The molecule has 0 unspecified atom stereocenters. The van der Waals surface area contributed by atoms with Crippen LogP contribution in [0.25, 0.3) is 0 Å². The summed E-state index contributed by atoms with van der Waals surface area (Å²) in [6.07, 6.45) is 1.19. The molecule has 2 rings (SSSR count). The molecule has 2 aromatic rings. The Bertz CT molecular complexity index is 749. The number of nitrogen functional groups attached to an aromatic ring is 1. The van der Waals surface area contributed by atoms with Gasteiger partial charge in [0, 0.05) is 24.8 Å². The lowest BCUT2D eigenvalue weighted by atomic mass is 10.2. The monoisotopic (exact) mass is 345 g/mol. The van der Waals surface area contributed by atoms with Crippen molar-refractivity contribution in [3.63, 3.8) is 0 Å². The van der Waals surface area contributed by atoms with Gasteiger partial charge in [0.05, 0.1) is 5.02 Å². The number of rotatable bonds is 4. The first-order valence-corrected chi connectivity index (χ1v) is 8.12. The van der Waals surface area contributed by atoms with E-state index in [2.05, 4.69) is 4.98 Å². The summed E-state index contributed by atoms with van der Waals surface area (Å²) in [5, 5.41) is 0.703. The molecule has 0 atom stereocenters. The Morgan fingerprint density at radius 1 is 1.24 bits per heavy atom. The van der Waals surface area contributed by atoms with Crippen LogP contribution in [0.4, 0.5) is 5.82 Å². The molecule has 0 radical (unpaired) electrons. The third-order valence-electron chi connectivity index (χ3n) is 2.87. The topological polar surface area (TPSA) is 76.3 Å². The molecule has 0 aliphatic heterocycles. The van der Waals surface area contributed by atoms with Crippen molar-refractivity contribution in [3.8, 4) is 0 Å². The highest BCUT2D eigenvalue weighted by atomic mass is 35.5. The molecule has 0 aliphatic rings. The number of hydrogen-bond acceptors (Lipinski definition) is 4. The molecule has 21 heavy (non-hydrogen) atoms. The molecule has 1 heterocycles. The molecule has 5 nitrogen and oxygen atoms in total. The minimum absolute atomic E-state index is 0.00170. The second-order valence-corrected chi connectivity index (χ2v) is 7.31. The van der Waals surface area contributed by atoms with Crippen LogP contribution in [0.3, 0.4) is 0 Å². The van der Waals surface area contributed by atoms with Gasteiger partial charge in [-0.25, -0.2) is 13.4 Å². The molecular formula is C13H13Cl2N3O2S. The van der Waals surface area contributed by atoms with Gasteiger partial charge in [0.2, 0.25) is 10.0 Å². The SMILES string of the molecule is CN(Cc1ccc(Cl)cc1)S(=O)(=O)c1cnc(N)c(Cl)c1. The lowest BCUT2D eigenvalue weighted by Crippen LogP contribution is -2.26. The summed E-state index contributed by atoms with van der Waals surface area (Å²) >= 11 is 11.6. The Morgan fingerprint density at radius 3 is 2.43 bits per heavy atom. The smallest absolute Gasteiger partial charge is 0.244 e. The number of nitrogens with two attached hydrogens (primary N) is 1. The number of anilines is 1. The quantitative estimate of drug-likeness (QED) is 0.924. The van der Waals surface area contributed by atoms with Crippen LogP contribution in [0.1, 0.15) is 5.56 Å². The highest BCUT2D eigenvalue weighted by Crippen LogP contribution is 2.23. The Labute approximate surface area is 133 Å². The van der Waals surface area contributed by atoms with Gasteiger partial charge in [-0.2, -0.15) is 4.31 Å². The van der Waals surface area contributed by atoms with Crippen molar-refractivity contribution in [2.45, 2.75) is 11.4 Å². The standard InChI is InChI=1S/C13H13Cl2N3O2S/c1-18(8-9-2-4-10(14)5-3-9)21(19,20)11-6-12(15)13(16)17-7-11/h2-7H,8H2,1H3,(H2,16,17). The van der Waals surface area contributed by atoms with E-state index in [0.717, 1.165) is 5.56 Å². The minimum atomic E-state index is -3.69. The minimum Gasteiger partial charge on any atom is -0.382 e. The zero-order chi connectivity index (χ0) is 15.6. The summed E-state index contributed by atoms with van der Waals surface area (Å²) in [4.78, 5) is 3.77. The van der Waals surface area contributed by atoms with Gasteiger partial charge in [0.1, 0.15) is 10.7 Å². The van der Waals surface area contributed by atoms with E-state index in [1.807, 2.05) is 0 Å². The van der Waals surface area contributed by atoms with E-state index in [-0.39, 0.29) is 22.3 Å². The van der Waals surface area contributed by atoms with Gasteiger partial charge < -0.3 is 5.73 Å². The van der Waals surface area contributed by atoms with Crippen LogP contribution in [0.15, 0.2) is 41.4 Å². The molecule has 1 aromatic carbocycles. The number of sulfonamides is 1. The number of benzene rings is 1. The van der Waals surface area contributed by atoms with Crippen LogP contribution in [-0.2, 0) is 16.6 Å². The highest BCUT2D eigenvalue weighted by molar-refractivity contribution is 7.89. The molecule has 0 amide bonds. The van der Waals surface area contributed by atoms with Crippen molar-refractivity contribution in [1.82, 2.24) is 9.29 Å². The van der Waals surface area contributed by atoms with Crippen molar-refractivity contribution in [2.75, 3.05) is 12.8 Å². The van der Waals surface area contributed by atoms with E-state index in [1.165, 1.54) is 23.6 Å². The average Bonchev–Trinajstić information content (AvgIpc) is 2.44. The van der Waals surface area contributed by atoms with Crippen molar-refractivity contribution < 1.29 is 8.42 Å². The third kappa shape index (κ3) is 3.65. The van der Waals surface area contributed by atoms with Crippen molar-refractivity contribution in [1.29, 1.82) is 0 Å². The molecule has 0 fully saturated rings. The second-order valence-electron chi connectivity index (χ2n) is 4.43. The fourth-order valence-corrected chi connectivity index (χ4v) is 3.17. The van der Waals surface area contributed by atoms with E-state index in [4.69, 9.17) is 28.9 Å². The molecule has 0 saturated carbocycles. The number of pyridine rings is 1. The van der Waals surface area contributed by atoms with Gasteiger partial charge in [-0.1, -0.05) is 35.3 Å². The summed E-state index contributed by atoms with van der Waals surface area (Å²) in [5.74, 6) is 0.0935. The van der Waals surface area contributed by atoms with Crippen LogP contribution >= 0.6 is 23.2 Å². The molecule has 2 N–H and O–H groups in total. The fourth-order valence-electron chi connectivity index (χ4n) is 1.68. The third-order valence-corrected chi connectivity index (χ3v) is 5.19. The van der Waals surface area contributed by atoms with Crippen molar-refractivity contribution in [2.24, 2.45) is 0 Å². The molecule has 0 saturated heterocycles. The predicted molar refractivity (Wildman–Crippen MR) is 83.8 cm³/mol. The summed E-state index contributed by atoms with van der Waals surface area (Å²) in [6, 6.07) is 8.24. The largest absolute Gasteiger partial charge is 0.382 e. The van der Waals surface area contributed by atoms with Gasteiger partial charge in [-0.05, 0) is 23.8 Å². The van der Waals surface area contributed by atoms with Crippen LogP contribution in [0.2, 0.25) is 10.0 Å². The molecule has 0 spiro atoms. The first kappa shape index (κ1) is 16.0. The van der Waals surface area contributed by atoms with E-state index in [9.17, 15) is 8.42 Å². The zero-order valence-electron chi connectivity index (χ0n) is 11.1. The summed E-state index contributed by atoms with van der Waals surface area (Å²) in [7, 11) is -2.21. The van der Waals surface area contributed by atoms with E-state index >= 15 is 0 Å². The van der Waals surface area contributed by atoms with Crippen LogP contribution in [-0.4, -0.2) is 24.8 Å². The Kier molecular flexibility index (Phi) is 4.73. The van der Waals surface area contributed by atoms with Crippen molar-refractivity contribution >= 4 is 39.0 Å². The van der Waals surface area contributed by atoms with Gasteiger partial charge in [-0.3, -0.25) is 0 Å². The van der Waals surface area contributed by atoms with Gasteiger partial charge in [0.15, 0.2) is 0 Å². The number of aromatic nitrogens is 1. The van der Waals surface area contributed by atoms with Crippen LogP contribution in [0, 0.1) is 0 Å². The first-order chi connectivity index (χ1) is 9.80. The molecule has 0 aliphatic carbocycles. The summed E-state index contributed by atoms with van der Waals surface area (Å²) in [6.45, 7) is 0.210. The fraction of sp³-hybridized carbons (Fsp3) is 0.154. The van der Waals surface area contributed by atoms with Gasteiger partial charge in [-0.15, -0.1) is 0 Å². The van der Waals surface area contributed by atoms with E-state index < -0.39 is 10.0 Å². The molecule has 8 heteroatoms. The molecule has 1 aromatic heterocycles. The van der Waals surface area contributed by atoms with Crippen LogP contribution < -0.4 is 5.73 Å². The second kappa shape index (κ2) is 6.19. The number of nitrogens with zero attached hydrogens (tertiary/aromatic N) is 2. The Morgan fingerprint density at radius 2 is 1.86 bits per heavy atom. The lowest BCUT2D eigenvalue weighted by molar-refractivity contribution is 0.466. The molecular weight excluding hydrogens is 333 g/mol. The predicted octanol–water partition coefficient (Wildman–Crippen LogP) is 2.79. The average molecular weight is 346 g/mol. The lowest BCUT2D eigenvalue weighted by Gasteiger charge is -2.17. The molecule has 0 bridgehead atoms. The molecule has 112 valence electrons. The maximum absolute atomic E-state index is 12.4. The number of hydrogen-bond donors (Lipinski definition) is 1. The van der Waals surface area contributed by atoms with E-state index in [0.29, 0.717) is 5.02 Å². The number of halogens is 2. The summed E-state index contributed by atoms with van der Waals surface area (Å²) < 4.78 is 26.1. The normalized spacial score (nSPS) is 11.8. The highest BCUT2D eigenvalue weighted by Gasteiger charge is 2.22. The van der Waals surface area contributed by atoms with Crippen molar-refractivity contribution in [3.05, 3.63) is 52.1 Å². The maximum atomic E-state index is 12.4. The van der Waals surface area contributed by atoms with E-state index in [1.54, 1.807) is 24.3 Å². The zero-order valence-corrected chi connectivity index (χ0v) is 13.5. The maximum Gasteiger partial charge on any atom is 0.244 e.